The van der Waals surface area contributed by atoms with E-state index in [4.69, 9.17) is 4.74 Å². The first kappa shape index (κ1) is 17.2. The molecule has 3 aromatic rings. The molecule has 26 heavy (non-hydrogen) atoms. The van der Waals surface area contributed by atoms with Crippen LogP contribution in [0.25, 0.3) is 10.2 Å². The van der Waals surface area contributed by atoms with Gasteiger partial charge in [0, 0.05) is 4.88 Å². The highest BCUT2D eigenvalue weighted by Gasteiger charge is 2.20. The molecule has 0 spiro atoms. The van der Waals surface area contributed by atoms with Crippen molar-refractivity contribution in [1.82, 2.24) is 9.55 Å². The first-order chi connectivity index (χ1) is 12.6. The lowest BCUT2D eigenvalue weighted by Crippen LogP contribution is -2.30. The lowest BCUT2D eigenvalue weighted by Gasteiger charge is -2.14. The van der Waals surface area contributed by atoms with E-state index < -0.39 is 11.9 Å². The van der Waals surface area contributed by atoms with E-state index in [1.54, 1.807) is 23.5 Å². The number of halogens is 1. The van der Waals surface area contributed by atoms with E-state index in [0.29, 0.717) is 5.39 Å². The van der Waals surface area contributed by atoms with Gasteiger partial charge in [-0.15, -0.1) is 11.3 Å². The molecule has 0 bridgehead atoms. The minimum atomic E-state index is -0.944. The Kier molecular flexibility index (Phi) is 4.74. The average Bonchev–Trinajstić information content (AvgIpc) is 3.03. The van der Waals surface area contributed by atoms with Gasteiger partial charge in [0.2, 0.25) is 0 Å². The fourth-order valence-electron chi connectivity index (χ4n) is 3.34. The van der Waals surface area contributed by atoms with Gasteiger partial charge in [0.15, 0.2) is 11.6 Å². The first-order valence-electron chi connectivity index (χ1n) is 8.68. The molecule has 0 radical (unpaired) electrons. The molecule has 1 N–H and O–H groups in total. The van der Waals surface area contributed by atoms with Crippen LogP contribution in [0.2, 0.25) is 0 Å². The van der Waals surface area contributed by atoms with E-state index in [1.165, 1.54) is 27.9 Å². The van der Waals surface area contributed by atoms with E-state index >= 15 is 0 Å². The molecule has 7 heteroatoms. The number of aromatic nitrogens is 2. The Morgan fingerprint density at radius 3 is 2.96 bits per heavy atom. The van der Waals surface area contributed by atoms with Crippen LogP contribution < -0.4 is 10.3 Å². The zero-order valence-electron chi connectivity index (χ0n) is 14.2. The molecule has 0 unspecified atom stereocenters. The quantitative estimate of drug-likeness (QED) is 0.746. The van der Waals surface area contributed by atoms with Crippen LogP contribution in [-0.4, -0.2) is 27.4 Å². The van der Waals surface area contributed by atoms with Gasteiger partial charge in [-0.05, 0) is 43.4 Å². The van der Waals surface area contributed by atoms with Crippen molar-refractivity contribution in [2.24, 2.45) is 0 Å². The zero-order chi connectivity index (χ0) is 18.1. The fraction of sp³-hybridized carbons (Fsp3) is 0.368. The summed E-state index contributed by atoms with van der Waals surface area (Å²) in [6.07, 6.45) is 4.69. The summed E-state index contributed by atoms with van der Waals surface area (Å²) in [6, 6.07) is 6.02. The third-order valence-corrected chi connectivity index (χ3v) is 5.82. The van der Waals surface area contributed by atoms with Crippen LogP contribution in [-0.2, 0) is 19.4 Å². The fourth-order valence-corrected chi connectivity index (χ4v) is 4.56. The lowest BCUT2D eigenvalue weighted by molar-refractivity contribution is 0.0895. The molecular weight excluding hydrogens is 355 g/mol. The van der Waals surface area contributed by atoms with Gasteiger partial charge in [-0.3, -0.25) is 9.36 Å². The second-order valence-electron chi connectivity index (χ2n) is 6.49. The molecule has 1 atom stereocenters. The number of rotatable bonds is 5. The van der Waals surface area contributed by atoms with Crippen molar-refractivity contribution in [2.75, 3.05) is 6.61 Å². The van der Waals surface area contributed by atoms with E-state index in [2.05, 4.69) is 4.98 Å². The third kappa shape index (κ3) is 3.24. The summed E-state index contributed by atoms with van der Waals surface area (Å²) in [4.78, 5) is 19.3. The van der Waals surface area contributed by atoms with Crippen LogP contribution in [0.5, 0.6) is 5.75 Å². The highest BCUT2D eigenvalue weighted by Crippen LogP contribution is 2.33. The van der Waals surface area contributed by atoms with Crippen LogP contribution in [0.15, 0.2) is 35.4 Å². The summed E-state index contributed by atoms with van der Waals surface area (Å²) in [5, 5.41) is 10.9. The largest absolute Gasteiger partial charge is 0.488 e. The minimum absolute atomic E-state index is 0.0564. The van der Waals surface area contributed by atoms with E-state index in [9.17, 15) is 14.3 Å². The van der Waals surface area contributed by atoms with Gasteiger partial charge in [-0.1, -0.05) is 12.1 Å². The van der Waals surface area contributed by atoms with Crippen molar-refractivity contribution in [3.63, 3.8) is 0 Å². The molecule has 0 amide bonds. The average molecular weight is 374 g/mol. The van der Waals surface area contributed by atoms with Gasteiger partial charge in [-0.25, -0.2) is 9.37 Å². The van der Waals surface area contributed by atoms with Crippen LogP contribution in [0, 0.1) is 5.82 Å². The number of thiophene rings is 1. The number of aryl methyl sites for hydroxylation is 2. The van der Waals surface area contributed by atoms with Gasteiger partial charge in [-0.2, -0.15) is 0 Å². The zero-order valence-corrected chi connectivity index (χ0v) is 15.0. The molecular formula is C19H19FN2O3S. The van der Waals surface area contributed by atoms with Crippen LogP contribution in [0.1, 0.15) is 23.3 Å². The summed E-state index contributed by atoms with van der Waals surface area (Å²) in [7, 11) is 0. The molecule has 0 aliphatic heterocycles. The molecule has 1 aliphatic carbocycles. The van der Waals surface area contributed by atoms with Crippen LogP contribution in [0.4, 0.5) is 4.39 Å². The molecule has 5 nitrogen and oxygen atoms in total. The topological polar surface area (TPSA) is 64.4 Å². The number of fused-ring (bicyclic) bond motifs is 3. The Morgan fingerprint density at radius 2 is 2.12 bits per heavy atom. The summed E-state index contributed by atoms with van der Waals surface area (Å²) < 4.78 is 20.3. The SMILES string of the molecule is O=c1c2c3c(sc2ncn1C[C@@H](O)COc1ccccc1F)CCCC3. The molecule has 4 rings (SSSR count). The highest BCUT2D eigenvalue weighted by atomic mass is 32.1. The Balaban J connectivity index is 1.52. The van der Waals surface area contributed by atoms with Crippen LogP contribution in [0.3, 0.4) is 0 Å². The van der Waals surface area contributed by atoms with Gasteiger partial charge in [0.05, 0.1) is 18.3 Å². The van der Waals surface area contributed by atoms with Gasteiger partial charge < -0.3 is 9.84 Å². The van der Waals surface area contributed by atoms with Crippen molar-refractivity contribution >= 4 is 21.6 Å². The molecule has 0 saturated carbocycles. The second kappa shape index (κ2) is 7.17. The maximum Gasteiger partial charge on any atom is 0.262 e. The van der Waals surface area contributed by atoms with E-state index in [-0.39, 0.29) is 24.5 Å². The van der Waals surface area contributed by atoms with Crippen molar-refractivity contribution in [3.8, 4) is 5.75 Å². The summed E-state index contributed by atoms with van der Waals surface area (Å²) in [6.45, 7) is -0.0476. The van der Waals surface area contributed by atoms with E-state index in [1.807, 2.05) is 0 Å². The molecule has 2 aromatic heterocycles. The summed E-state index contributed by atoms with van der Waals surface area (Å²) in [5.41, 5.74) is 1.000. The number of aliphatic hydroxyl groups is 1. The predicted molar refractivity (Wildman–Crippen MR) is 98.4 cm³/mol. The van der Waals surface area contributed by atoms with Gasteiger partial charge >= 0.3 is 0 Å². The van der Waals surface area contributed by atoms with Crippen molar-refractivity contribution < 1.29 is 14.2 Å². The normalized spacial score (nSPS) is 15.0. The predicted octanol–water partition coefficient (Wildman–Crippen LogP) is 2.92. The Bertz CT molecular complexity index is 998. The van der Waals surface area contributed by atoms with Gasteiger partial charge in [0.1, 0.15) is 17.5 Å². The smallest absolute Gasteiger partial charge is 0.262 e. The summed E-state index contributed by atoms with van der Waals surface area (Å²) in [5.74, 6) is -0.399. The molecule has 1 aromatic carbocycles. The van der Waals surface area contributed by atoms with Crippen molar-refractivity contribution in [2.45, 2.75) is 38.3 Å². The molecule has 0 fully saturated rings. The summed E-state index contributed by atoms with van der Waals surface area (Å²) >= 11 is 1.60. The monoisotopic (exact) mass is 374 g/mol. The molecule has 2 heterocycles. The molecule has 0 saturated heterocycles. The standard InChI is InChI=1S/C19H19FN2O3S/c20-14-6-2-3-7-15(14)25-10-12(23)9-22-11-21-18-17(19(22)24)13-5-1-4-8-16(13)26-18/h2-3,6-7,11-12,23H,1,4-5,8-10H2/t12-/m1/s1. The number of para-hydroxylation sites is 1. The highest BCUT2D eigenvalue weighted by molar-refractivity contribution is 7.18. The third-order valence-electron chi connectivity index (χ3n) is 4.62. The number of hydrogen-bond donors (Lipinski definition) is 1. The number of ether oxygens (including phenoxy) is 1. The van der Waals surface area contributed by atoms with Crippen molar-refractivity contribution in [3.05, 3.63) is 57.2 Å². The Hall–Kier alpha value is -2.25. The van der Waals surface area contributed by atoms with Crippen molar-refractivity contribution in [1.29, 1.82) is 0 Å². The first-order valence-corrected chi connectivity index (χ1v) is 9.50. The number of nitrogens with zero attached hydrogens (tertiary/aromatic N) is 2. The van der Waals surface area contributed by atoms with Gasteiger partial charge in [0.25, 0.3) is 5.56 Å². The molecule has 136 valence electrons. The Morgan fingerprint density at radius 1 is 1.31 bits per heavy atom. The minimum Gasteiger partial charge on any atom is -0.488 e. The van der Waals surface area contributed by atoms with Crippen LogP contribution >= 0.6 is 11.3 Å². The maximum absolute atomic E-state index is 13.6. The lowest BCUT2D eigenvalue weighted by atomic mass is 9.97. The van der Waals surface area contributed by atoms with E-state index in [0.717, 1.165) is 36.1 Å². The molecule has 1 aliphatic rings. The second-order valence-corrected chi connectivity index (χ2v) is 7.57. The maximum atomic E-state index is 13.6. The number of aliphatic hydroxyl groups excluding tert-OH is 1. The number of benzene rings is 1. The Labute approximate surface area is 153 Å². The number of hydrogen-bond acceptors (Lipinski definition) is 5.